The highest BCUT2D eigenvalue weighted by atomic mass is 32.2. The molecule has 0 radical (unpaired) electrons. The number of nitrogens with one attached hydrogen (secondary N) is 3. The van der Waals surface area contributed by atoms with Crippen LogP contribution in [0.2, 0.25) is 0 Å². The van der Waals surface area contributed by atoms with Crippen LogP contribution in [0.1, 0.15) is 6.92 Å². The Hall–Kier alpha value is -2.68. The first-order chi connectivity index (χ1) is 11.6. The minimum Gasteiger partial charge on any atom is -0.374 e. The second-order valence-electron chi connectivity index (χ2n) is 5.43. The number of amides is 1. The maximum atomic E-state index is 13.5. The molecule has 1 unspecified atom stereocenters. The molecule has 0 aliphatic heterocycles. The minimum absolute atomic E-state index is 0.244. The molecule has 0 saturated carbocycles. The van der Waals surface area contributed by atoms with Crippen LogP contribution in [-0.4, -0.2) is 26.6 Å². The Morgan fingerprint density at radius 1 is 1.04 bits per heavy atom. The molecule has 2 aromatic rings. The van der Waals surface area contributed by atoms with Crippen LogP contribution >= 0.6 is 0 Å². The summed E-state index contributed by atoms with van der Waals surface area (Å²) < 4.78 is 51.3. The number of halogens is 2. The van der Waals surface area contributed by atoms with Crippen molar-refractivity contribution in [1.82, 2.24) is 0 Å². The molecule has 2 aromatic carbocycles. The lowest BCUT2D eigenvalue weighted by Crippen LogP contribution is -2.32. The van der Waals surface area contributed by atoms with Crippen LogP contribution in [0.3, 0.4) is 0 Å². The van der Waals surface area contributed by atoms with E-state index in [4.69, 9.17) is 0 Å². The summed E-state index contributed by atoms with van der Waals surface area (Å²) in [7, 11) is -3.37. The average Bonchev–Trinajstić information content (AvgIpc) is 2.51. The smallest absolute Gasteiger partial charge is 0.246 e. The van der Waals surface area contributed by atoms with Crippen LogP contribution in [0, 0.1) is 11.6 Å². The summed E-state index contributed by atoms with van der Waals surface area (Å²) in [5.41, 5.74) is 0.694. The van der Waals surface area contributed by atoms with Crippen molar-refractivity contribution >= 4 is 33.0 Å². The van der Waals surface area contributed by atoms with Gasteiger partial charge in [0.15, 0.2) is 0 Å². The lowest BCUT2D eigenvalue weighted by Gasteiger charge is -2.16. The summed E-state index contributed by atoms with van der Waals surface area (Å²) in [5, 5.41) is 5.19. The summed E-state index contributed by atoms with van der Waals surface area (Å²) >= 11 is 0. The quantitative estimate of drug-likeness (QED) is 0.731. The van der Waals surface area contributed by atoms with E-state index in [1.165, 1.54) is 12.1 Å². The first-order valence-electron chi connectivity index (χ1n) is 7.24. The van der Waals surface area contributed by atoms with Crippen LogP contribution in [0.25, 0.3) is 0 Å². The SMILES string of the molecule is CC(Nc1ccc(NS(C)(=O)=O)cc1)C(=O)Nc1cc(F)ccc1F. The molecule has 134 valence electrons. The third-order valence-corrected chi connectivity index (χ3v) is 3.76. The van der Waals surface area contributed by atoms with Gasteiger partial charge in [-0.3, -0.25) is 9.52 Å². The molecule has 25 heavy (non-hydrogen) atoms. The van der Waals surface area contributed by atoms with Gasteiger partial charge in [0.1, 0.15) is 17.7 Å². The zero-order valence-electron chi connectivity index (χ0n) is 13.5. The molecular formula is C16H17F2N3O3S. The van der Waals surface area contributed by atoms with Gasteiger partial charge in [0.05, 0.1) is 11.9 Å². The fourth-order valence-corrected chi connectivity index (χ4v) is 2.56. The van der Waals surface area contributed by atoms with Gasteiger partial charge in [-0.1, -0.05) is 0 Å². The van der Waals surface area contributed by atoms with E-state index in [1.54, 1.807) is 19.1 Å². The molecule has 0 spiro atoms. The highest BCUT2D eigenvalue weighted by Gasteiger charge is 2.15. The number of hydrogen-bond donors (Lipinski definition) is 3. The first kappa shape index (κ1) is 18.7. The summed E-state index contributed by atoms with van der Waals surface area (Å²) in [6, 6.07) is 8.26. The Labute approximate surface area is 144 Å². The maximum absolute atomic E-state index is 13.5. The van der Waals surface area contributed by atoms with Crippen LogP contribution < -0.4 is 15.4 Å². The normalized spacial score (nSPS) is 12.3. The van der Waals surface area contributed by atoms with Gasteiger partial charge in [-0.25, -0.2) is 17.2 Å². The third-order valence-electron chi connectivity index (χ3n) is 3.15. The van der Waals surface area contributed by atoms with E-state index >= 15 is 0 Å². The van der Waals surface area contributed by atoms with Crippen molar-refractivity contribution in [3.63, 3.8) is 0 Å². The van der Waals surface area contributed by atoms with Crippen LogP contribution in [0.5, 0.6) is 0 Å². The van der Waals surface area contributed by atoms with E-state index in [-0.39, 0.29) is 5.69 Å². The standard InChI is InChI=1S/C16H17F2N3O3S/c1-10(16(22)20-15-9-11(17)3-8-14(15)18)19-12-4-6-13(7-5-12)21-25(2,23)24/h3-10,19,21H,1-2H3,(H,20,22). The summed E-state index contributed by atoms with van der Waals surface area (Å²) in [6.45, 7) is 1.55. The zero-order chi connectivity index (χ0) is 18.6. The van der Waals surface area contributed by atoms with E-state index in [0.717, 1.165) is 24.5 Å². The van der Waals surface area contributed by atoms with Gasteiger partial charge in [0, 0.05) is 17.4 Å². The Kier molecular flexibility index (Phi) is 5.58. The van der Waals surface area contributed by atoms with Gasteiger partial charge in [0.2, 0.25) is 15.9 Å². The molecule has 0 bridgehead atoms. The van der Waals surface area contributed by atoms with Crippen LogP contribution in [-0.2, 0) is 14.8 Å². The number of sulfonamides is 1. The number of carbonyl (C=O) groups is 1. The Balaban J connectivity index is 2.00. The van der Waals surface area contributed by atoms with E-state index in [9.17, 15) is 22.0 Å². The average molecular weight is 369 g/mol. The molecule has 0 fully saturated rings. The van der Waals surface area contributed by atoms with E-state index in [0.29, 0.717) is 11.4 Å². The number of hydrogen-bond acceptors (Lipinski definition) is 4. The Morgan fingerprint density at radius 2 is 1.64 bits per heavy atom. The van der Waals surface area contributed by atoms with Gasteiger partial charge >= 0.3 is 0 Å². The highest BCUT2D eigenvalue weighted by molar-refractivity contribution is 7.92. The van der Waals surface area contributed by atoms with Crippen molar-refractivity contribution < 1.29 is 22.0 Å². The molecule has 0 heterocycles. The number of carbonyl (C=O) groups excluding carboxylic acids is 1. The van der Waals surface area contributed by atoms with E-state index in [1.807, 2.05) is 0 Å². The summed E-state index contributed by atoms with van der Waals surface area (Å²) in [6.07, 6.45) is 1.04. The monoisotopic (exact) mass is 369 g/mol. The minimum atomic E-state index is -3.37. The molecular weight excluding hydrogens is 352 g/mol. The molecule has 6 nitrogen and oxygen atoms in total. The van der Waals surface area contributed by atoms with Crippen molar-refractivity contribution in [2.24, 2.45) is 0 Å². The fourth-order valence-electron chi connectivity index (χ4n) is 2.00. The maximum Gasteiger partial charge on any atom is 0.246 e. The zero-order valence-corrected chi connectivity index (χ0v) is 14.3. The molecule has 1 atom stereocenters. The molecule has 9 heteroatoms. The fraction of sp³-hybridized carbons (Fsp3) is 0.188. The van der Waals surface area contributed by atoms with Crippen LogP contribution in [0.4, 0.5) is 25.8 Å². The third kappa shape index (κ3) is 5.71. The Bertz CT molecular complexity index is 871. The highest BCUT2D eigenvalue weighted by Crippen LogP contribution is 2.18. The number of rotatable bonds is 6. The lowest BCUT2D eigenvalue weighted by atomic mass is 10.2. The molecule has 2 rings (SSSR count). The Morgan fingerprint density at radius 3 is 2.24 bits per heavy atom. The van der Waals surface area contributed by atoms with Gasteiger partial charge in [0.25, 0.3) is 0 Å². The van der Waals surface area contributed by atoms with Crippen molar-refractivity contribution in [2.75, 3.05) is 21.6 Å². The topological polar surface area (TPSA) is 87.3 Å². The van der Waals surface area contributed by atoms with Crippen molar-refractivity contribution in [1.29, 1.82) is 0 Å². The van der Waals surface area contributed by atoms with Crippen LogP contribution in [0.15, 0.2) is 42.5 Å². The summed E-state index contributed by atoms with van der Waals surface area (Å²) in [4.78, 5) is 12.1. The molecule has 3 N–H and O–H groups in total. The van der Waals surface area contributed by atoms with E-state index in [2.05, 4.69) is 15.4 Å². The number of benzene rings is 2. The molecule has 0 aliphatic carbocycles. The van der Waals surface area contributed by atoms with Gasteiger partial charge in [-0.15, -0.1) is 0 Å². The number of anilines is 3. The predicted molar refractivity (Wildman–Crippen MR) is 93.0 cm³/mol. The van der Waals surface area contributed by atoms with Crippen molar-refractivity contribution in [2.45, 2.75) is 13.0 Å². The molecule has 0 aliphatic rings. The van der Waals surface area contributed by atoms with Gasteiger partial charge in [-0.2, -0.15) is 0 Å². The van der Waals surface area contributed by atoms with Gasteiger partial charge in [-0.05, 0) is 43.3 Å². The largest absolute Gasteiger partial charge is 0.374 e. The first-order valence-corrected chi connectivity index (χ1v) is 9.13. The molecule has 0 saturated heterocycles. The molecule has 0 aromatic heterocycles. The second kappa shape index (κ2) is 7.47. The lowest BCUT2D eigenvalue weighted by molar-refractivity contribution is -0.116. The van der Waals surface area contributed by atoms with Crippen molar-refractivity contribution in [3.8, 4) is 0 Å². The predicted octanol–water partition coefficient (Wildman–Crippen LogP) is 2.78. The second-order valence-corrected chi connectivity index (χ2v) is 7.18. The van der Waals surface area contributed by atoms with Gasteiger partial charge < -0.3 is 10.6 Å². The van der Waals surface area contributed by atoms with E-state index < -0.39 is 33.6 Å². The summed E-state index contributed by atoms with van der Waals surface area (Å²) in [5.74, 6) is -1.95. The van der Waals surface area contributed by atoms with Crippen molar-refractivity contribution in [3.05, 3.63) is 54.1 Å². The molecule has 1 amide bonds.